The molecular formula is C13H14Cl4N2O4. The highest BCUT2D eigenvalue weighted by molar-refractivity contribution is 6.23. The Balaban J connectivity index is 0. The van der Waals surface area contributed by atoms with Gasteiger partial charge in [0.1, 0.15) is 6.04 Å². The molecule has 1 aromatic carbocycles. The predicted octanol–water partition coefficient (Wildman–Crippen LogP) is 1.78. The van der Waals surface area contributed by atoms with Crippen molar-refractivity contribution in [1.82, 2.24) is 10.2 Å². The van der Waals surface area contributed by atoms with Crippen molar-refractivity contribution in [2.75, 3.05) is 0 Å². The first-order valence-corrected chi connectivity index (χ1v) is 5.90. The number of hydrogen-bond acceptors (Lipinski definition) is 4. The van der Waals surface area contributed by atoms with Gasteiger partial charge in [0.25, 0.3) is 11.8 Å². The zero-order valence-corrected chi connectivity index (χ0v) is 14.8. The van der Waals surface area contributed by atoms with Crippen LogP contribution in [0, 0.1) is 0 Å². The Labute approximate surface area is 157 Å². The van der Waals surface area contributed by atoms with Gasteiger partial charge < -0.3 is 0 Å². The molecule has 2 aliphatic heterocycles. The molecule has 1 fully saturated rings. The average Bonchev–Trinajstić information content (AvgIpc) is 2.64. The summed E-state index contributed by atoms with van der Waals surface area (Å²) in [6.45, 7) is 0. The molecule has 2 heterocycles. The first-order chi connectivity index (χ1) is 9.09. The third-order valence-electron chi connectivity index (χ3n) is 3.35. The van der Waals surface area contributed by atoms with Crippen molar-refractivity contribution in [1.29, 1.82) is 0 Å². The number of rotatable bonds is 1. The second kappa shape index (κ2) is 9.08. The molecule has 0 aliphatic carbocycles. The van der Waals surface area contributed by atoms with Crippen LogP contribution < -0.4 is 5.32 Å². The topological polar surface area (TPSA) is 83.6 Å². The standard InChI is InChI=1S/C13H10N2O4.4ClH/c16-10-6-5-9(11(17)14-10)15-12(18)7-3-1-2-4-8(7)13(15)19;;;;/h1-4,9H,5-6H2,(H,14,16,17);4*1H. The number of amides is 4. The molecular weight excluding hydrogens is 390 g/mol. The van der Waals surface area contributed by atoms with Gasteiger partial charge in [-0.05, 0) is 18.6 Å². The van der Waals surface area contributed by atoms with Crippen LogP contribution in [0.1, 0.15) is 33.6 Å². The summed E-state index contributed by atoms with van der Waals surface area (Å²) in [7, 11) is 0. The maximum absolute atomic E-state index is 12.2. The maximum atomic E-state index is 12.2. The fraction of sp³-hybridized carbons (Fsp3) is 0.231. The number of nitrogens with zero attached hydrogens (tertiary/aromatic N) is 1. The molecule has 128 valence electrons. The van der Waals surface area contributed by atoms with E-state index in [-0.39, 0.29) is 68.4 Å². The van der Waals surface area contributed by atoms with E-state index >= 15 is 0 Å². The Morgan fingerprint density at radius 3 is 1.78 bits per heavy atom. The van der Waals surface area contributed by atoms with E-state index in [0.29, 0.717) is 11.1 Å². The van der Waals surface area contributed by atoms with E-state index in [1.54, 1.807) is 24.3 Å². The van der Waals surface area contributed by atoms with Crippen LogP contribution in [0.4, 0.5) is 0 Å². The highest BCUT2D eigenvalue weighted by atomic mass is 35.5. The summed E-state index contributed by atoms with van der Waals surface area (Å²) in [5, 5.41) is 2.15. The molecule has 6 nitrogen and oxygen atoms in total. The molecule has 0 saturated carbocycles. The second-order valence-electron chi connectivity index (χ2n) is 4.49. The van der Waals surface area contributed by atoms with Crippen LogP contribution in [0.5, 0.6) is 0 Å². The second-order valence-corrected chi connectivity index (χ2v) is 4.49. The minimum absolute atomic E-state index is 0. The van der Waals surface area contributed by atoms with E-state index in [2.05, 4.69) is 5.32 Å². The largest absolute Gasteiger partial charge is 0.295 e. The van der Waals surface area contributed by atoms with Crippen molar-refractivity contribution < 1.29 is 19.2 Å². The van der Waals surface area contributed by atoms with E-state index in [9.17, 15) is 19.2 Å². The molecule has 0 bridgehead atoms. The van der Waals surface area contributed by atoms with Crippen molar-refractivity contribution in [2.45, 2.75) is 18.9 Å². The van der Waals surface area contributed by atoms with Crippen molar-refractivity contribution in [3.05, 3.63) is 35.4 Å². The summed E-state index contributed by atoms with van der Waals surface area (Å²) in [5.74, 6) is -1.92. The molecule has 0 radical (unpaired) electrons. The SMILES string of the molecule is Cl.Cl.Cl.Cl.O=C1CCC(N2C(=O)c3ccccc3C2=O)C(=O)N1. The zero-order valence-electron chi connectivity index (χ0n) is 11.5. The molecule has 1 saturated heterocycles. The highest BCUT2D eigenvalue weighted by Gasteiger charge is 2.44. The molecule has 0 aromatic heterocycles. The summed E-state index contributed by atoms with van der Waals surface area (Å²) >= 11 is 0. The minimum atomic E-state index is -0.898. The van der Waals surface area contributed by atoms with E-state index in [1.807, 2.05) is 0 Å². The third kappa shape index (κ3) is 3.95. The van der Waals surface area contributed by atoms with Gasteiger partial charge in [0, 0.05) is 6.42 Å². The lowest BCUT2D eigenvalue weighted by atomic mass is 10.0. The molecule has 3 rings (SSSR count). The quantitative estimate of drug-likeness (QED) is 0.724. The lowest BCUT2D eigenvalue weighted by Gasteiger charge is -2.27. The van der Waals surface area contributed by atoms with Crippen molar-refractivity contribution >= 4 is 73.3 Å². The van der Waals surface area contributed by atoms with Gasteiger partial charge in [-0.2, -0.15) is 0 Å². The van der Waals surface area contributed by atoms with Crippen molar-refractivity contribution in [2.24, 2.45) is 0 Å². The van der Waals surface area contributed by atoms with Crippen LogP contribution in [-0.4, -0.2) is 34.6 Å². The van der Waals surface area contributed by atoms with E-state index in [0.717, 1.165) is 4.90 Å². The fourth-order valence-corrected chi connectivity index (χ4v) is 2.42. The zero-order chi connectivity index (χ0) is 13.6. The first-order valence-electron chi connectivity index (χ1n) is 5.90. The third-order valence-corrected chi connectivity index (χ3v) is 3.35. The number of halogens is 4. The summed E-state index contributed by atoms with van der Waals surface area (Å²) in [6, 6.07) is 5.55. The van der Waals surface area contributed by atoms with Crippen LogP contribution in [-0.2, 0) is 9.59 Å². The molecule has 4 amide bonds. The molecule has 1 unspecified atom stereocenters. The molecule has 0 spiro atoms. The lowest BCUT2D eigenvalue weighted by molar-refractivity contribution is -0.136. The summed E-state index contributed by atoms with van der Waals surface area (Å²) in [5.41, 5.74) is 0.606. The van der Waals surface area contributed by atoms with Gasteiger partial charge in [-0.15, -0.1) is 49.6 Å². The number of nitrogens with one attached hydrogen (secondary N) is 1. The molecule has 1 N–H and O–H groups in total. The number of piperidine rings is 1. The summed E-state index contributed by atoms with van der Waals surface area (Å²) in [4.78, 5) is 48.1. The summed E-state index contributed by atoms with van der Waals surface area (Å²) < 4.78 is 0. The van der Waals surface area contributed by atoms with Gasteiger partial charge in [0.05, 0.1) is 11.1 Å². The van der Waals surface area contributed by atoms with E-state index in [4.69, 9.17) is 0 Å². The lowest BCUT2D eigenvalue weighted by Crippen LogP contribution is -2.54. The minimum Gasteiger partial charge on any atom is -0.295 e. The molecule has 23 heavy (non-hydrogen) atoms. The van der Waals surface area contributed by atoms with Crippen LogP contribution in [0.2, 0.25) is 0 Å². The summed E-state index contributed by atoms with van der Waals surface area (Å²) in [6.07, 6.45) is 0.306. The Bertz CT molecular complexity index is 603. The van der Waals surface area contributed by atoms with Crippen molar-refractivity contribution in [3.63, 3.8) is 0 Å². The monoisotopic (exact) mass is 402 g/mol. The Morgan fingerprint density at radius 1 is 0.870 bits per heavy atom. The Hall–Kier alpha value is -1.34. The van der Waals surface area contributed by atoms with E-state index < -0.39 is 23.8 Å². The number of imide groups is 2. The van der Waals surface area contributed by atoms with Gasteiger partial charge in [-0.3, -0.25) is 29.4 Å². The van der Waals surface area contributed by atoms with E-state index in [1.165, 1.54) is 0 Å². The smallest absolute Gasteiger partial charge is 0.262 e. The molecule has 10 heteroatoms. The first kappa shape index (κ1) is 23.9. The van der Waals surface area contributed by atoms with Gasteiger partial charge in [0.15, 0.2) is 0 Å². The fourth-order valence-electron chi connectivity index (χ4n) is 2.42. The molecule has 1 atom stereocenters. The normalized spacial score (nSPS) is 18.6. The van der Waals surface area contributed by atoms with Gasteiger partial charge in [-0.1, -0.05) is 12.1 Å². The van der Waals surface area contributed by atoms with Gasteiger partial charge in [0.2, 0.25) is 11.8 Å². The number of carbonyl (C=O) groups is 4. The van der Waals surface area contributed by atoms with Crippen molar-refractivity contribution in [3.8, 4) is 0 Å². The van der Waals surface area contributed by atoms with Crippen LogP contribution in [0.25, 0.3) is 0 Å². The Kier molecular flexibility index (Phi) is 9.44. The van der Waals surface area contributed by atoms with Crippen LogP contribution in [0.3, 0.4) is 0 Å². The van der Waals surface area contributed by atoms with Crippen LogP contribution >= 0.6 is 49.6 Å². The Morgan fingerprint density at radius 2 is 1.35 bits per heavy atom. The maximum Gasteiger partial charge on any atom is 0.262 e. The average molecular weight is 404 g/mol. The number of benzene rings is 1. The number of carbonyl (C=O) groups excluding carboxylic acids is 4. The highest BCUT2D eigenvalue weighted by Crippen LogP contribution is 2.26. The van der Waals surface area contributed by atoms with Gasteiger partial charge in [-0.25, -0.2) is 0 Å². The number of fused-ring (bicyclic) bond motifs is 1. The molecule has 1 aromatic rings. The van der Waals surface area contributed by atoms with Gasteiger partial charge >= 0.3 is 0 Å². The molecule has 2 aliphatic rings. The van der Waals surface area contributed by atoms with Crippen LogP contribution in [0.15, 0.2) is 24.3 Å². The number of hydrogen-bond donors (Lipinski definition) is 1. The predicted molar refractivity (Wildman–Crippen MR) is 92.1 cm³/mol.